The second-order valence-corrected chi connectivity index (χ2v) is 8.94. The van der Waals surface area contributed by atoms with E-state index in [0.717, 1.165) is 14.4 Å². The summed E-state index contributed by atoms with van der Waals surface area (Å²) in [4.78, 5) is 29.0. The number of aromatic nitrogens is 2. The third-order valence-corrected chi connectivity index (χ3v) is 6.69. The number of sulfonamides is 1. The van der Waals surface area contributed by atoms with Crippen molar-refractivity contribution in [1.29, 1.82) is 0 Å². The minimum Gasteiger partial charge on any atom is -0.501 e. The van der Waals surface area contributed by atoms with Gasteiger partial charge in [-0.05, 0) is 37.0 Å². The largest absolute Gasteiger partial charge is 0.501 e. The maximum absolute atomic E-state index is 12.6. The molecule has 1 fully saturated rings. The molecule has 3 rings (SSSR count). The van der Waals surface area contributed by atoms with Gasteiger partial charge in [0, 0.05) is 20.1 Å². The summed E-state index contributed by atoms with van der Waals surface area (Å²) in [6.45, 7) is 0.379. The number of rotatable bonds is 6. The van der Waals surface area contributed by atoms with Crippen molar-refractivity contribution in [2.75, 3.05) is 30.3 Å². The van der Waals surface area contributed by atoms with Gasteiger partial charge < -0.3 is 15.2 Å². The van der Waals surface area contributed by atoms with Crippen LogP contribution in [0.15, 0.2) is 29.1 Å². The molecule has 0 radical (unpaired) electrons. The quantitative estimate of drug-likeness (QED) is 0.670. The van der Waals surface area contributed by atoms with Gasteiger partial charge in [-0.2, -0.15) is 0 Å². The zero-order chi connectivity index (χ0) is 21.9. The molecule has 0 atom stereocenters. The van der Waals surface area contributed by atoms with Gasteiger partial charge in [0.05, 0.1) is 12.9 Å². The molecule has 30 heavy (non-hydrogen) atoms. The molecule has 10 nitrogen and oxygen atoms in total. The first-order valence-corrected chi connectivity index (χ1v) is 11.1. The lowest BCUT2D eigenvalue weighted by atomic mass is 10.1. The Morgan fingerprint density at radius 3 is 2.80 bits per heavy atom. The normalized spacial score (nSPS) is 15.6. The lowest BCUT2D eigenvalue weighted by molar-refractivity contribution is 0.0945. The van der Waals surface area contributed by atoms with Crippen LogP contribution in [0.3, 0.4) is 0 Å². The van der Waals surface area contributed by atoms with Crippen LogP contribution in [0.4, 0.5) is 5.95 Å². The summed E-state index contributed by atoms with van der Waals surface area (Å²) in [5.41, 5.74) is -0.464. The van der Waals surface area contributed by atoms with E-state index in [9.17, 15) is 23.1 Å². The third kappa shape index (κ3) is 4.40. The minimum absolute atomic E-state index is 0.0637. The Morgan fingerprint density at radius 1 is 1.33 bits per heavy atom. The number of nitrogens with one attached hydrogen (secondary N) is 1. The van der Waals surface area contributed by atoms with E-state index in [4.69, 9.17) is 4.74 Å². The molecule has 2 N–H and O–H groups in total. The second-order valence-electron chi connectivity index (χ2n) is 6.93. The summed E-state index contributed by atoms with van der Waals surface area (Å²) in [5.74, 6) is -1.14. The van der Waals surface area contributed by atoms with Crippen molar-refractivity contribution in [2.24, 2.45) is 7.05 Å². The number of carbonyl (C=O) groups is 1. The molecule has 0 aliphatic carbocycles. The van der Waals surface area contributed by atoms with E-state index in [1.165, 1.54) is 7.05 Å². The van der Waals surface area contributed by atoms with Crippen LogP contribution in [0, 0.1) is 0 Å². The summed E-state index contributed by atoms with van der Waals surface area (Å²) in [6.07, 6.45) is 1.61. The van der Waals surface area contributed by atoms with Crippen LogP contribution < -0.4 is 19.9 Å². The standard InChI is InChI=1S/C19H24N4O6S/c1-22-18(26)16(24)15(21-19(22)23-10-3-4-11-30(23,27)28)17(25)20-9-8-13-6-5-7-14(12-13)29-2/h5-7,12,24H,3-4,8-11H2,1-2H3,(H,20,25). The number of benzene rings is 1. The summed E-state index contributed by atoms with van der Waals surface area (Å²) < 4.78 is 31.9. The highest BCUT2D eigenvalue weighted by molar-refractivity contribution is 7.92. The second kappa shape index (κ2) is 8.74. The first-order chi connectivity index (χ1) is 14.2. The molecule has 1 aliphatic heterocycles. The molecule has 2 aromatic rings. The minimum atomic E-state index is -3.64. The lowest BCUT2D eigenvalue weighted by Gasteiger charge is -2.28. The number of hydrogen-bond donors (Lipinski definition) is 2. The molecule has 1 aromatic heterocycles. The van der Waals surface area contributed by atoms with Crippen molar-refractivity contribution >= 4 is 21.9 Å². The molecule has 1 amide bonds. The van der Waals surface area contributed by atoms with Gasteiger partial charge in [0.25, 0.3) is 11.5 Å². The maximum Gasteiger partial charge on any atom is 0.297 e. The van der Waals surface area contributed by atoms with E-state index in [0.29, 0.717) is 25.0 Å². The zero-order valence-corrected chi connectivity index (χ0v) is 17.6. The topological polar surface area (TPSA) is 131 Å². The Bertz CT molecular complexity index is 1110. The van der Waals surface area contributed by atoms with Gasteiger partial charge in [0.1, 0.15) is 5.75 Å². The molecular weight excluding hydrogens is 412 g/mol. The Labute approximate surface area is 174 Å². The van der Waals surface area contributed by atoms with Gasteiger partial charge in [-0.15, -0.1) is 0 Å². The highest BCUT2D eigenvalue weighted by atomic mass is 32.2. The van der Waals surface area contributed by atoms with Gasteiger partial charge in [0.15, 0.2) is 5.69 Å². The fourth-order valence-corrected chi connectivity index (χ4v) is 4.81. The van der Waals surface area contributed by atoms with Crippen LogP contribution in [-0.2, 0) is 23.5 Å². The molecule has 2 heterocycles. The van der Waals surface area contributed by atoms with Crippen molar-refractivity contribution in [3.8, 4) is 11.5 Å². The summed E-state index contributed by atoms with van der Waals surface area (Å²) in [5, 5.41) is 12.8. The first-order valence-electron chi connectivity index (χ1n) is 9.46. The Kier molecular flexibility index (Phi) is 6.30. The number of methoxy groups -OCH3 is 1. The molecule has 1 aliphatic rings. The van der Waals surface area contributed by atoms with Crippen LogP contribution in [0.25, 0.3) is 0 Å². The van der Waals surface area contributed by atoms with Crippen molar-refractivity contribution in [1.82, 2.24) is 14.9 Å². The van der Waals surface area contributed by atoms with Crippen molar-refractivity contribution < 1.29 is 23.1 Å². The van der Waals surface area contributed by atoms with Gasteiger partial charge in [-0.25, -0.2) is 17.7 Å². The molecule has 0 unspecified atom stereocenters. The Balaban J connectivity index is 1.81. The molecule has 0 spiro atoms. The van der Waals surface area contributed by atoms with E-state index in [2.05, 4.69) is 10.3 Å². The molecule has 0 saturated carbocycles. The predicted molar refractivity (Wildman–Crippen MR) is 111 cm³/mol. The molecule has 1 saturated heterocycles. The van der Waals surface area contributed by atoms with Crippen LogP contribution in [-0.4, -0.2) is 54.9 Å². The van der Waals surface area contributed by atoms with E-state index in [1.54, 1.807) is 13.2 Å². The van der Waals surface area contributed by atoms with Crippen molar-refractivity contribution in [3.05, 3.63) is 45.9 Å². The Hall–Kier alpha value is -3.08. The summed E-state index contributed by atoms with van der Waals surface area (Å²) >= 11 is 0. The van der Waals surface area contributed by atoms with Crippen molar-refractivity contribution in [2.45, 2.75) is 19.3 Å². The van der Waals surface area contributed by atoms with Gasteiger partial charge >= 0.3 is 0 Å². The monoisotopic (exact) mass is 436 g/mol. The van der Waals surface area contributed by atoms with Crippen LogP contribution >= 0.6 is 0 Å². The molecule has 0 bridgehead atoms. The van der Waals surface area contributed by atoms with Crippen LogP contribution in [0.1, 0.15) is 28.9 Å². The number of aromatic hydroxyl groups is 1. The third-order valence-electron chi connectivity index (χ3n) is 4.86. The maximum atomic E-state index is 12.6. The van der Waals surface area contributed by atoms with E-state index in [1.807, 2.05) is 18.2 Å². The number of ether oxygens (including phenoxy) is 1. The van der Waals surface area contributed by atoms with Crippen LogP contribution in [0.2, 0.25) is 0 Å². The smallest absolute Gasteiger partial charge is 0.297 e. The highest BCUT2D eigenvalue weighted by Gasteiger charge is 2.31. The number of carbonyl (C=O) groups excluding carboxylic acids is 1. The molecule has 1 aromatic carbocycles. The van der Waals surface area contributed by atoms with Gasteiger partial charge in [-0.1, -0.05) is 12.1 Å². The SMILES string of the molecule is COc1cccc(CCNC(=O)c2nc(N3CCCCS3(=O)=O)n(C)c(=O)c2O)c1. The fourth-order valence-electron chi connectivity index (χ4n) is 3.21. The summed E-state index contributed by atoms with van der Waals surface area (Å²) in [7, 11) is -0.779. The van der Waals surface area contributed by atoms with Crippen LogP contribution in [0.5, 0.6) is 11.5 Å². The molecular formula is C19H24N4O6S. The molecule has 162 valence electrons. The lowest BCUT2D eigenvalue weighted by Crippen LogP contribution is -2.42. The highest BCUT2D eigenvalue weighted by Crippen LogP contribution is 2.22. The Morgan fingerprint density at radius 2 is 2.10 bits per heavy atom. The first kappa shape index (κ1) is 21.6. The van der Waals surface area contributed by atoms with E-state index in [-0.39, 0.29) is 24.8 Å². The summed E-state index contributed by atoms with van der Waals surface area (Å²) in [6, 6.07) is 7.34. The van der Waals surface area contributed by atoms with Gasteiger partial charge in [0.2, 0.25) is 21.7 Å². The molecule has 11 heteroatoms. The number of hydrogen-bond acceptors (Lipinski definition) is 7. The number of nitrogens with zero attached hydrogens (tertiary/aromatic N) is 3. The zero-order valence-electron chi connectivity index (χ0n) is 16.8. The number of anilines is 1. The average molecular weight is 436 g/mol. The average Bonchev–Trinajstić information content (AvgIpc) is 2.72. The van der Waals surface area contributed by atoms with Gasteiger partial charge in [-0.3, -0.25) is 14.2 Å². The van der Waals surface area contributed by atoms with Crippen molar-refractivity contribution in [3.63, 3.8) is 0 Å². The van der Waals surface area contributed by atoms with E-state index < -0.39 is 32.9 Å². The fraction of sp³-hybridized carbons (Fsp3) is 0.421. The number of amides is 1. The van der Waals surface area contributed by atoms with E-state index >= 15 is 0 Å². The predicted octanol–water partition coefficient (Wildman–Crippen LogP) is 0.397.